The van der Waals surface area contributed by atoms with E-state index in [1.807, 2.05) is 0 Å². The van der Waals surface area contributed by atoms with Gasteiger partial charge in [-0.1, -0.05) is 6.92 Å². The summed E-state index contributed by atoms with van der Waals surface area (Å²) in [7, 11) is -3.78. The highest BCUT2D eigenvalue weighted by Crippen LogP contribution is 2.18. The largest absolute Gasteiger partial charge is 0.480 e. The molecule has 1 aliphatic rings. The van der Waals surface area contributed by atoms with E-state index in [0.29, 0.717) is 19.0 Å². The van der Waals surface area contributed by atoms with Crippen molar-refractivity contribution in [3.05, 3.63) is 0 Å². The highest BCUT2D eigenvalue weighted by Gasteiger charge is 2.30. The fourth-order valence-corrected chi connectivity index (χ4v) is 3.26. The third kappa shape index (κ3) is 4.20. The van der Waals surface area contributed by atoms with E-state index in [-0.39, 0.29) is 13.0 Å². The quantitative estimate of drug-likeness (QED) is 0.601. The molecule has 0 spiro atoms. The molecule has 0 bridgehead atoms. The third-order valence-electron chi connectivity index (χ3n) is 3.09. The molecular weight excluding hydrogens is 260 g/mol. The summed E-state index contributed by atoms with van der Waals surface area (Å²) >= 11 is 0. The van der Waals surface area contributed by atoms with Crippen LogP contribution in [-0.2, 0) is 15.0 Å². The number of carboxylic acid groups (broad SMARTS) is 1. The second-order valence-corrected chi connectivity index (χ2v) is 6.31. The lowest BCUT2D eigenvalue weighted by Crippen LogP contribution is -2.50. The Balaban J connectivity index is 2.65. The predicted octanol–water partition coefficient (Wildman–Crippen LogP) is -0.612. The first kappa shape index (κ1) is 15.4. The number of nitrogens with zero attached hydrogens (tertiary/aromatic N) is 1. The maximum Gasteiger partial charge on any atom is 0.321 e. The summed E-state index contributed by atoms with van der Waals surface area (Å²) in [5.41, 5.74) is 0. The Morgan fingerprint density at radius 1 is 1.44 bits per heavy atom. The van der Waals surface area contributed by atoms with Crippen LogP contribution in [0.4, 0.5) is 0 Å². The molecule has 7 nitrogen and oxygen atoms in total. The summed E-state index contributed by atoms with van der Waals surface area (Å²) in [6.07, 6.45) is 1.41. The van der Waals surface area contributed by atoms with Gasteiger partial charge in [-0.05, 0) is 25.2 Å². The first-order chi connectivity index (χ1) is 8.36. The molecule has 1 fully saturated rings. The molecule has 0 aromatic heterocycles. The van der Waals surface area contributed by atoms with Crippen molar-refractivity contribution in [3.8, 4) is 0 Å². The smallest absolute Gasteiger partial charge is 0.321 e. The van der Waals surface area contributed by atoms with E-state index < -0.39 is 22.2 Å². The van der Waals surface area contributed by atoms with Crippen molar-refractivity contribution in [3.63, 3.8) is 0 Å². The van der Waals surface area contributed by atoms with E-state index >= 15 is 0 Å². The first-order valence-electron chi connectivity index (χ1n) is 5.98. The molecule has 1 atom stereocenters. The van der Waals surface area contributed by atoms with Crippen LogP contribution in [0.5, 0.6) is 0 Å². The monoisotopic (exact) mass is 280 g/mol. The van der Waals surface area contributed by atoms with Crippen LogP contribution in [0.15, 0.2) is 0 Å². The average Bonchev–Trinajstić information content (AvgIpc) is 2.28. The number of hydrogen-bond acceptors (Lipinski definition) is 4. The van der Waals surface area contributed by atoms with Gasteiger partial charge in [-0.2, -0.15) is 17.4 Å². The molecule has 0 amide bonds. The first-order valence-corrected chi connectivity index (χ1v) is 7.42. The molecule has 1 unspecified atom stereocenters. The zero-order valence-electron chi connectivity index (χ0n) is 10.4. The second-order valence-electron chi connectivity index (χ2n) is 4.61. The van der Waals surface area contributed by atoms with Gasteiger partial charge in [0, 0.05) is 19.7 Å². The molecule has 8 heteroatoms. The molecule has 1 rings (SSSR count). The van der Waals surface area contributed by atoms with Crippen LogP contribution in [0.1, 0.15) is 26.2 Å². The van der Waals surface area contributed by atoms with Crippen molar-refractivity contribution in [2.45, 2.75) is 32.2 Å². The molecule has 0 aliphatic carbocycles. The lowest BCUT2D eigenvalue weighted by atomic mass is 10.0. The van der Waals surface area contributed by atoms with Gasteiger partial charge in [-0.25, -0.2) is 0 Å². The summed E-state index contributed by atoms with van der Waals surface area (Å²) in [6.45, 7) is 2.49. The lowest BCUT2D eigenvalue weighted by Gasteiger charge is -2.30. The summed E-state index contributed by atoms with van der Waals surface area (Å²) in [5.74, 6) is -0.790. The summed E-state index contributed by atoms with van der Waals surface area (Å²) in [6, 6.07) is -1.28. The number of aliphatic carboxylic acids is 1. The van der Waals surface area contributed by atoms with Crippen LogP contribution in [0, 0.1) is 5.92 Å². The summed E-state index contributed by atoms with van der Waals surface area (Å²) in [5, 5.41) is 17.6. The van der Waals surface area contributed by atoms with E-state index in [1.165, 1.54) is 4.31 Å². The number of carboxylic acids is 1. The van der Waals surface area contributed by atoms with Crippen LogP contribution < -0.4 is 4.72 Å². The standard InChI is InChI=1S/C10H20N2O5S/c1-8-2-5-12(6-3-8)18(16,17)11-9(4-7-13)10(14)15/h8-9,11,13H,2-7H2,1H3,(H,14,15). The molecular formula is C10H20N2O5S. The fraction of sp³-hybridized carbons (Fsp3) is 0.900. The number of carbonyl (C=O) groups is 1. The number of piperidine rings is 1. The Morgan fingerprint density at radius 3 is 2.44 bits per heavy atom. The van der Waals surface area contributed by atoms with E-state index in [9.17, 15) is 13.2 Å². The highest BCUT2D eigenvalue weighted by atomic mass is 32.2. The number of aliphatic hydroxyl groups is 1. The van der Waals surface area contributed by atoms with Gasteiger partial charge in [0.25, 0.3) is 10.2 Å². The van der Waals surface area contributed by atoms with E-state index in [0.717, 1.165) is 12.8 Å². The molecule has 0 aromatic carbocycles. The molecule has 1 saturated heterocycles. The normalized spacial score (nSPS) is 20.8. The Hall–Kier alpha value is -0.700. The Labute approximate surface area is 107 Å². The van der Waals surface area contributed by atoms with Crippen LogP contribution in [0.3, 0.4) is 0 Å². The Morgan fingerprint density at radius 2 is 2.00 bits per heavy atom. The molecule has 18 heavy (non-hydrogen) atoms. The Bertz CT molecular complexity index is 376. The average molecular weight is 280 g/mol. The van der Waals surface area contributed by atoms with Crippen molar-refractivity contribution >= 4 is 16.2 Å². The van der Waals surface area contributed by atoms with Crippen LogP contribution in [0.25, 0.3) is 0 Å². The second kappa shape index (κ2) is 6.46. The van der Waals surface area contributed by atoms with Gasteiger partial charge in [0.05, 0.1) is 0 Å². The van der Waals surface area contributed by atoms with Crippen molar-refractivity contribution in [1.29, 1.82) is 0 Å². The van der Waals surface area contributed by atoms with Gasteiger partial charge in [0.1, 0.15) is 6.04 Å². The van der Waals surface area contributed by atoms with Crippen LogP contribution in [-0.4, -0.2) is 54.6 Å². The molecule has 0 radical (unpaired) electrons. The molecule has 3 N–H and O–H groups in total. The van der Waals surface area contributed by atoms with E-state index in [4.69, 9.17) is 10.2 Å². The van der Waals surface area contributed by atoms with Gasteiger partial charge in [0.15, 0.2) is 0 Å². The van der Waals surface area contributed by atoms with E-state index in [2.05, 4.69) is 11.6 Å². The van der Waals surface area contributed by atoms with Gasteiger partial charge in [0.2, 0.25) is 0 Å². The summed E-state index contributed by atoms with van der Waals surface area (Å²) < 4.78 is 27.3. The van der Waals surface area contributed by atoms with Gasteiger partial charge in [-0.15, -0.1) is 0 Å². The minimum atomic E-state index is -3.78. The third-order valence-corrected chi connectivity index (χ3v) is 4.72. The van der Waals surface area contributed by atoms with Crippen molar-refractivity contribution in [1.82, 2.24) is 9.03 Å². The number of rotatable bonds is 6. The topological polar surface area (TPSA) is 107 Å². The van der Waals surface area contributed by atoms with Crippen LogP contribution in [0.2, 0.25) is 0 Å². The maximum atomic E-state index is 12.0. The summed E-state index contributed by atoms with van der Waals surface area (Å²) in [4.78, 5) is 10.8. The highest BCUT2D eigenvalue weighted by molar-refractivity contribution is 7.87. The van der Waals surface area contributed by atoms with E-state index in [1.54, 1.807) is 0 Å². The molecule has 0 saturated carbocycles. The van der Waals surface area contributed by atoms with Crippen molar-refractivity contribution < 1.29 is 23.4 Å². The van der Waals surface area contributed by atoms with Crippen molar-refractivity contribution in [2.24, 2.45) is 5.92 Å². The molecule has 1 heterocycles. The number of hydrogen-bond donors (Lipinski definition) is 3. The zero-order chi connectivity index (χ0) is 13.8. The lowest BCUT2D eigenvalue weighted by molar-refractivity contribution is -0.139. The Kier molecular flexibility index (Phi) is 5.51. The zero-order valence-corrected chi connectivity index (χ0v) is 11.2. The SMILES string of the molecule is CC1CCN(S(=O)(=O)NC(CCO)C(=O)O)CC1. The molecule has 0 aromatic rings. The number of nitrogens with one attached hydrogen (secondary N) is 1. The van der Waals surface area contributed by atoms with Crippen molar-refractivity contribution in [2.75, 3.05) is 19.7 Å². The fourth-order valence-electron chi connectivity index (χ4n) is 1.84. The maximum absolute atomic E-state index is 12.0. The predicted molar refractivity (Wildman–Crippen MR) is 65.2 cm³/mol. The van der Waals surface area contributed by atoms with Crippen LogP contribution >= 0.6 is 0 Å². The van der Waals surface area contributed by atoms with Gasteiger partial charge in [-0.3, -0.25) is 4.79 Å². The molecule has 106 valence electrons. The minimum absolute atomic E-state index is 0.140. The minimum Gasteiger partial charge on any atom is -0.480 e. The van der Waals surface area contributed by atoms with Gasteiger partial charge < -0.3 is 10.2 Å². The number of aliphatic hydroxyl groups excluding tert-OH is 1. The molecule has 1 aliphatic heterocycles. The van der Waals surface area contributed by atoms with Gasteiger partial charge >= 0.3 is 5.97 Å².